The SMILES string of the molecule is CCN(CC)C(N)=NC1C2CCOC2C1(C)C.I. The highest BCUT2D eigenvalue weighted by atomic mass is 127. The van der Waals surface area contributed by atoms with Crippen molar-refractivity contribution in [2.75, 3.05) is 19.7 Å². The van der Waals surface area contributed by atoms with E-state index < -0.39 is 0 Å². The van der Waals surface area contributed by atoms with E-state index in [9.17, 15) is 0 Å². The van der Waals surface area contributed by atoms with Gasteiger partial charge in [-0.1, -0.05) is 13.8 Å². The number of nitrogens with zero attached hydrogens (tertiary/aromatic N) is 2. The molecule has 5 heteroatoms. The second-order valence-electron chi connectivity index (χ2n) is 5.67. The number of aliphatic imine (C=N–C) groups is 1. The molecule has 0 aromatic rings. The molecule has 106 valence electrons. The van der Waals surface area contributed by atoms with Gasteiger partial charge in [0.1, 0.15) is 0 Å². The van der Waals surface area contributed by atoms with Gasteiger partial charge in [0.2, 0.25) is 0 Å². The molecule has 18 heavy (non-hydrogen) atoms. The molecule has 2 fully saturated rings. The summed E-state index contributed by atoms with van der Waals surface area (Å²) < 4.78 is 5.77. The molecule has 1 saturated carbocycles. The Labute approximate surface area is 127 Å². The average Bonchev–Trinajstić information content (AvgIpc) is 2.74. The molecule has 0 aromatic carbocycles. The van der Waals surface area contributed by atoms with Gasteiger partial charge < -0.3 is 15.4 Å². The predicted octanol–water partition coefficient (Wildman–Crippen LogP) is 2.07. The van der Waals surface area contributed by atoms with Crippen molar-refractivity contribution >= 4 is 29.9 Å². The van der Waals surface area contributed by atoms with Crippen molar-refractivity contribution in [1.29, 1.82) is 0 Å². The van der Waals surface area contributed by atoms with Crippen LogP contribution in [0.3, 0.4) is 0 Å². The largest absolute Gasteiger partial charge is 0.377 e. The third kappa shape index (κ3) is 2.48. The van der Waals surface area contributed by atoms with E-state index in [0.29, 0.717) is 24.0 Å². The molecule has 1 saturated heterocycles. The van der Waals surface area contributed by atoms with E-state index in [0.717, 1.165) is 26.1 Å². The van der Waals surface area contributed by atoms with Crippen molar-refractivity contribution in [1.82, 2.24) is 4.90 Å². The second-order valence-corrected chi connectivity index (χ2v) is 5.67. The van der Waals surface area contributed by atoms with Crippen LogP contribution in [0.1, 0.15) is 34.1 Å². The molecule has 0 radical (unpaired) electrons. The Morgan fingerprint density at radius 2 is 2.00 bits per heavy atom. The number of hydrogen-bond donors (Lipinski definition) is 1. The summed E-state index contributed by atoms with van der Waals surface area (Å²) in [5, 5.41) is 0. The summed E-state index contributed by atoms with van der Waals surface area (Å²) in [6.45, 7) is 11.4. The molecule has 2 aliphatic rings. The number of guanidine groups is 1. The first-order valence-corrected chi connectivity index (χ1v) is 6.72. The quantitative estimate of drug-likeness (QED) is 0.472. The minimum atomic E-state index is 0. The molecule has 1 aliphatic carbocycles. The van der Waals surface area contributed by atoms with E-state index >= 15 is 0 Å². The number of hydrogen-bond acceptors (Lipinski definition) is 2. The summed E-state index contributed by atoms with van der Waals surface area (Å²) in [5.74, 6) is 1.28. The summed E-state index contributed by atoms with van der Waals surface area (Å²) in [4.78, 5) is 6.87. The summed E-state index contributed by atoms with van der Waals surface area (Å²) >= 11 is 0. The molecule has 2 rings (SSSR count). The first-order chi connectivity index (χ1) is 8.02. The van der Waals surface area contributed by atoms with Crippen LogP contribution in [0.2, 0.25) is 0 Å². The van der Waals surface area contributed by atoms with Gasteiger partial charge >= 0.3 is 0 Å². The number of ether oxygens (including phenoxy) is 1. The zero-order chi connectivity index (χ0) is 12.6. The lowest BCUT2D eigenvalue weighted by Gasteiger charge is -2.52. The Bertz CT molecular complexity index is 315. The van der Waals surface area contributed by atoms with Crippen LogP contribution in [0.4, 0.5) is 0 Å². The third-order valence-corrected chi connectivity index (χ3v) is 4.40. The van der Waals surface area contributed by atoms with Crippen LogP contribution in [0, 0.1) is 11.3 Å². The maximum atomic E-state index is 6.09. The van der Waals surface area contributed by atoms with Crippen LogP contribution in [0.15, 0.2) is 4.99 Å². The van der Waals surface area contributed by atoms with Gasteiger partial charge in [-0.15, -0.1) is 24.0 Å². The standard InChI is InChI=1S/C13H25N3O.HI/c1-5-16(6-2)12(14)15-10-9-7-8-17-11(9)13(10,3)4;/h9-11H,5-8H2,1-4H3,(H2,14,15);1H. The van der Waals surface area contributed by atoms with E-state index in [1.54, 1.807) is 0 Å². The molecule has 3 unspecified atom stereocenters. The van der Waals surface area contributed by atoms with Gasteiger partial charge in [0.25, 0.3) is 0 Å². The van der Waals surface area contributed by atoms with E-state index in [4.69, 9.17) is 15.5 Å². The normalized spacial score (nSPS) is 33.3. The van der Waals surface area contributed by atoms with Crippen molar-refractivity contribution in [3.8, 4) is 0 Å². The highest BCUT2D eigenvalue weighted by Gasteiger charge is 2.59. The van der Waals surface area contributed by atoms with Crippen LogP contribution in [-0.2, 0) is 4.74 Å². The van der Waals surface area contributed by atoms with Gasteiger partial charge in [-0.2, -0.15) is 0 Å². The van der Waals surface area contributed by atoms with E-state index in [1.807, 2.05) is 0 Å². The van der Waals surface area contributed by atoms with Crippen LogP contribution in [0.25, 0.3) is 0 Å². The molecular weight excluding hydrogens is 341 g/mol. The van der Waals surface area contributed by atoms with Crippen molar-refractivity contribution in [2.24, 2.45) is 22.1 Å². The first-order valence-electron chi connectivity index (χ1n) is 6.72. The lowest BCUT2D eigenvalue weighted by Crippen LogP contribution is -2.59. The zero-order valence-corrected chi connectivity index (χ0v) is 14.2. The Kier molecular flexibility index (Phi) is 5.29. The van der Waals surface area contributed by atoms with Crippen LogP contribution in [0.5, 0.6) is 0 Å². The maximum Gasteiger partial charge on any atom is 0.191 e. The van der Waals surface area contributed by atoms with Gasteiger partial charge in [-0.3, -0.25) is 0 Å². The minimum Gasteiger partial charge on any atom is -0.377 e. The average molecular weight is 367 g/mol. The molecular formula is C13H26IN3O. The topological polar surface area (TPSA) is 50.8 Å². The molecule has 0 amide bonds. The summed E-state index contributed by atoms with van der Waals surface area (Å²) in [7, 11) is 0. The molecule has 1 heterocycles. The molecule has 4 nitrogen and oxygen atoms in total. The molecule has 2 N–H and O–H groups in total. The fourth-order valence-electron chi connectivity index (χ4n) is 3.33. The summed E-state index contributed by atoms with van der Waals surface area (Å²) in [6, 6.07) is 0.329. The number of fused-ring (bicyclic) bond motifs is 1. The second kappa shape index (κ2) is 5.94. The van der Waals surface area contributed by atoms with E-state index in [1.165, 1.54) is 0 Å². The van der Waals surface area contributed by atoms with Gasteiger partial charge in [0.15, 0.2) is 5.96 Å². The fraction of sp³-hybridized carbons (Fsp3) is 0.923. The molecule has 0 aromatic heterocycles. The highest BCUT2D eigenvalue weighted by Crippen LogP contribution is 2.53. The monoisotopic (exact) mass is 367 g/mol. The van der Waals surface area contributed by atoms with Gasteiger partial charge in [-0.25, -0.2) is 4.99 Å². The summed E-state index contributed by atoms with van der Waals surface area (Å²) in [6.07, 6.45) is 1.52. The van der Waals surface area contributed by atoms with Gasteiger partial charge in [0.05, 0.1) is 12.1 Å². The van der Waals surface area contributed by atoms with Crippen molar-refractivity contribution in [3.05, 3.63) is 0 Å². The molecule has 0 bridgehead atoms. The van der Waals surface area contributed by atoms with Crippen LogP contribution < -0.4 is 5.73 Å². The van der Waals surface area contributed by atoms with Crippen molar-refractivity contribution < 1.29 is 4.74 Å². The molecule has 0 spiro atoms. The summed E-state index contributed by atoms with van der Waals surface area (Å²) in [5.41, 5.74) is 6.23. The first kappa shape index (κ1) is 16.0. The Morgan fingerprint density at radius 1 is 1.39 bits per heavy atom. The highest BCUT2D eigenvalue weighted by molar-refractivity contribution is 14.0. The Morgan fingerprint density at radius 3 is 2.56 bits per heavy atom. The number of halogens is 1. The van der Waals surface area contributed by atoms with Crippen molar-refractivity contribution in [2.45, 2.75) is 46.3 Å². The molecule has 3 atom stereocenters. The number of rotatable bonds is 3. The third-order valence-electron chi connectivity index (χ3n) is 4.40. The molecule has 1 aliphatic heterocycles. The Balaban J connectivity index is 0.00000162. The van der Waals surface area contributed by atoms with Crippen LogP contribution >= 0.6 is 24.0 Å². The van der Waals surface area contributed by atoms with Gasteiger partial charge in [-0.05, 0) is 20.3 Å². The van der Waals surface area contributed by atoms with E-state index in [-0.39, 0.29) is 29.4 Å². The van der Waals surface area contributed by atoms with E-state index in [2.05, 4.69) is 32.6 Å². The lowest BCUT2D eigenvalue weighted by atomic mass is 9.57. The smallest absolute Gasteiger partial charge is 0.191 e. The number of nitrogens with two attached hydrogens (primary N) is 1. The fourth-order valence-corrected chi connectivity index (χ4v) is 3.33. The lowest BCUT2D eigenvalue weighted by molar-refractivity contribution is -0.0987. The zero-order valence-electron chi connectivity index (χ0n) is 11.8. The minimum absolute atomic E-state index is 0. The maximum absolute atomic E-state index is 6.09. The predicted molar refractivity (Wildman–Crippen MR) is 85.4 cm³/mol. The van der Waals surface area contributed by atoms with Gasteiger partial charge in [0, 0.05) is 31.0 Å². The van der Waals surface area contributed by atoms with Crippen LogP contribution in [-0.4, -0.2) is 42.7 Å². The van der Waals surface area contributed by atoms with Crippen molar-refractivity contribution in [3.63, 3.8) is 0 Å². The Hall–Kier alpha value is -0.0400.